The second-order valence-electron chi connectivity index (χ2n) is 1.34. The van der Waals surface area contributed by atoms with Crippen LogP contribution in [0.25, 0.3) is 0 Å². The number of nitrogens with zero attached hydrogens (tertiary/aromatic N) is 1. The summed E-state index contributed by atoms with van der Waals surface area (Å²) in [6, 6.07) is 0. The number of hydrogen-bond donors (Lipinski definition) is 0. The van der Waals surface area contributed by atoms with E-state index in [9.17, 15) is 0 Å². The van der Waals surface area contributed by atoms with Gasteiger partial charge in [0.2, 0.25) is 0 Å². The molecule has 0 rings (SSSR count). The van der Waals surface area contributed by atoms with Gasteiger partial charge < -0.3 is 4.90 Å². The van der Waals surface area contributed by atoms with Crippen molar-refractivity contribution >= 4 is 24.5 Å². The van der Waals surface area contributed by atoms with Crippen LogP contribution in [-0.2, 0) is 0 Å². The van der Waals surface area contributed by atoms with Gasteiger partial charge in [-0.3, -0.25) is 0 Å². The zero-order chi connectivity index (χ0) is 3.58. The fourth-order valence-electron chi connectivity index (χ4n) is 0. The van der Waals surface area contributed by atoms with Gasteiger partial charge in [0.25, 0.3) is 0 Å². The van der Waals surface area contributed by atoms with E-state index < -0.39 is 0 Å². The molecule has 0 fully saturated rings. The van der Waals surface area contributed by atoms with Crippen LogP contribution in [0.3, 0.4) is 0 Å². The molecule has 0 saturated carbocycles. The van der Waals surface area contributed by atoms with E-state index in [0.717, 1.165) is 0 Å². The molecule has 0 heterocycles. The lowest BCUT2D eigenvalue weighted by atomic mass is 11.0. The maximum atomic E-state index is 2.00. The first-order chi connectivity index (χ1) is 1.73. The third-order valence-electron chi connectivity index (χ3n) is 0. The molecule has 0 unspecified atom stereocenters. The summed E-state index contributed by atoms with van der Waals surface area (Å²) in [5.74, 6) is 0. The van der Waals surface area contributed by atoms with Crippen LogP contribution in [0.2, 0.25) is 0 Å². The Hall–Kier alpha value is 0.527. The molecule has 0 aromatic rings. The Labute approximate surface area is 51.2 Å². The van der Waals surface area contributed by atoms with E-state index in [1.165, 1.54) is 0 Å². The summed E-state index contributed by atoms with van der Waals surface area (Å²) in [5.41, 5.74) is 0. The lowest BCUT2D eigenvalue weighted by Gasteiger charge is -1.90. The molecular weight excluding hydrogens is 110 g/mol. The molecular formula is C3H15NSSi. The van der Waals surface area contributed by atoms with E-state index >= 15 is 0 Å². The Bertz CT molecular complexity index is 15.5. The van der Waals surface area contributed by atoms with Crippen LogP contribution in [0.5, 0.6) is 0 Å². The Morgan fingerprint density at radius 3 is 1.00 bits per heavy atom. The van der Waals surface area contributed by atoms with E-state index in [-0.39, 0.29) is 24.5 Å². The minimum Gasteiger partial charge on any atom is -0.312 e. The third kappa shape index (κ3) is 203. The van der Waals surface area contributed by atoms with Crippen LogP contribution in [-0.4, -0.2) is 37.0 Å². The first-order valence-electron chi connectivity index (χ1n) is 1.34. The van der Waals surface area contributed by atoms with Crippen molar-refractivity contribution in [3.05, 3.63) is 0 Å². The molecule has 0 aliphatic heterocycles. The fraction of sp³-hybridized carbons (Fsp3) is 1.00. The van der Waals surface area contributed by atoms with Gasteiger partial charge in [-0.15, -0.1) is 0 Å². The molecule has 6 heavy (non-hydrogen) atoms. The number of rotatable bonds is 0. The highest BCUT2D eigenvalue weighted by molar-refractivity contribution is 7.59. The van der Waals surface area contributed by atoms with Crippen molar-refractivity contribution in [2.45, 2.75) is 0 Å². The summed E-state index contributed by atoms with van der Waals surface area (Å²) >= 11 is 0. The molecule has 0 spiro atoms. The molecule has 0 atom stereocenters. The SMILES string of the molecule is CN(C)C.S.[SiH4]. The van der Waals surface area contributed by atoms with Crippen molar-refractivity contribution in [2.75, 3.05) is 21.1 Å². The molecule has 0 aromatic heterocycles. The Kier molecular flexibility index (Phi) is 24.3. The summed E-state index contributed by atoms with van der Waals surface area (Å²) in [7, 11) is 6.00. The van der Waals surface area contributed by atoms with Gasteiger partial charge in [-0.25, -0.2) is 0 Å². The van der Waals surface area contributed by atoms with Crippen LogP contribution in [0, 0.1) is 0 Å². The smallest absolute Gasteiger partial charge is 0.0140 e. The maximum absolute atomic E-state index is 2.00. The monoisotopic (exact) mass is 125 g/mol. The van der Waals surface area contributed by atoms with Gasteiger partial charge in [0.1, 0.15) is 0 Å². The Balaban J connectivity index is -0.0000000450. The standard InChI is InChI=1S/C3H9N.H2S.H4Si/c1-4(2)3;;/h1-3H3;1H2;1H4. The van der Waals surface area contributed by atoms with Crippen molar-refractivity contribution in [2.24, 2.45) is 0 Å². The van der Waals surface area contributed by atoms with Crippen LogP contribution in [0.4, 0.5) is 0 Å². The lowest BCUT2D eigenvalue weighted by Crippen LogP contribution is -1.99. The highest BCUT2D eigenvalue weighted by Crippen LogP contribution is 1.47. The topological polar surface area (TPSA) is 3.24 Å². The van der Waals surface area contributed by atoms with Gasteiger partial charge in [-0.2, -0.15) is 13.5 Å². The predicted molar refractivity (Wildman–Crippen MR) is 41.3 cm³/mol. The summed E-state index contributed by atoms with van der Waals surface area (Å²) in [4.78, 5) is 2.00. The Morgan fingerprint density at radius 1 is 1.00 bits per heavy atom. The van der Waals surface area contributed by atoms with E-state index in [1.54, 1.807) is 0 Å². The second-order valence-corrected chi connectivity index (χ2v) is 1.34. The highest BCUT2D eigenvalue weighted by Gasteiger charge is 1.58. The molecule has 0 aliphatic carbocycles. The Morgan fingerprint density at radius 2 is 1.00 bits per heavy atom. The average molecular weight is 125 g/mol. The van der Waals surface area contributed by atoms with Gasteiger partial charge in [0, 0.05) is 0 Å². The van der Waals surface area contributed by atoms with Crippen molar-refractivity contribution in [1.82, 2.24) is 4.90 Å². The van der Waals surface area contributed by atoms with Gasteiger partial charge in [-0.05, 0) is 32.1 Å². The zero-order valence-electron chi connectivity index (χ0n) is 3.95. The first kappa shape index (κ1) is 16.0. The fourth-order valence-corrected chi connectivity index (χ4v) is 0. The molecule has 0 radical (unpaired) electrons. The first-order valence-corrected chi connectivity index (χ1v) is 1.34. The lowest BCUT2D eigenvalue weighted by molar-refractivity contribution is 0.505. The minimum absolute atomic E-state index is 0. The highest BCUT2D eigenvalue weighted by atomic mass is 32.1. The second kappa shape index (κ2) is 9.11. The predicted octanol–water partition coefficient (Wildman–Crippen LogP) is -1.16. The van der Waals surface area contributed by atoms with Crippen LogP contribution >= 0.6 is 13.5 Å². The number of hydrogen-bond acceptors (Lipinski definition) is 1. The van der Waals surface area contributed by atoms with Crippen LogP contribution in [0.1, 0.15) is 0 Å². The van der Waals surface area contributed by atoms with Gasteiger partial charge in [0.15, 0.2) is 0 Å². The third-order valence-corrected chi connectivity index (χ3v) is 0. The van der Waals surface area contributed by atoms with E-state index in [0.29, 0.717) is 0 Å². The average Bonchev–Trinajstić information content (AvgIpc) is 0.811. The van der Waals surface area contributed by atoms with E-state index in [1.807, 2.05) is 26.0 Å². The summed E-state index contributed by atoms with van der Waals surface area (Å²) in [6.07, 6.45) is 0. The summed E-state index contributed by atoms with van der Waals surface area (Å²) in [5, 5.41) is 0. The van der Waals surface area contributed by atoms with Gasteiger partial charge in [-0.1, -0.05) is 0 Å². The normalized spacial score (nSPS) is 6.00. The van der Waals surface area contributed by atoms with E-state index in [4.69, 9.17) is 0 Å². The zero-order valence-corrected chi connectivity index (χ0v) is 4.95. The molecule has 0 saturated heterocycles. The van der Waals surface area contributed by atoms with Crippen molar-refractivity contribution in [3.8, 4) is 0 Å². The molecule has 1 nitrogen and oxygen atoms in total. The van der Waals surface area contributed by atoms with Crippen molar-refractivity contribution in [1.29, 1.82) is 0 Å². The maximum Gasteiger partial charge on any atom is -0.0140 e. The molecule has 0 bridgehead atoms. The molecule has 0 aliphatic rings. The molecule has 3 heteroatoms. The van der Waals surface area contributed by atoms with Gasteiger partial charge in [0.05, 0.1) is 0 Å². The molecule has 0 amide bonds. The molecule has 0 aromatic carbocycles. The largest absolute Gasteiger partial charge is 0.312 e. The van der Waals surface area contributed by atoms with Crippen molar-refractivity contribution < 1.29 is 0 Å². The molecule has 42 valence electrons. The van der Waals surface area contributed by atoms with Crippen LogP contribution in [0.15, 0.2) is 0 Å². The quantitative estimate of drug-likeness (QED) is 0.369. The minimum atomic E-state index is 0. The van der Waals surface area contributed by atoms with Crippen LogP contribution < -0.4 is 0 Å². The van der Waals surface area contributed by atoms with Gasteiger partial charge >= 0.3 is 0 Å². The summed E-state index contributed by atoms with van der Waals surface area (Å²) < 4.78 is 0. The summed E-state index contributed by atoms with van der Waals surface area (Å²) in [6.45, 7) is 0. The molecule has 0 N–H and O–H groups in total. The van der Waals surface area contributed by atoms with E-state index in [2.05, 4.69) is 0 Å². The van der Waals surface area contributed by atoms with Crippen molar-refractivity contribution in [3.63, 3.8) is 0 Å².